The Bertz CT molecular complexity index is 475. The highest BCUT2D eigenvalue weighted by Crippen LogP contribution is 2.26. The predicted molar refractivity (Wildman–Crippen MR) is 69.3 cm³/mol. The topological polar surface area (TPSA) is 77.3 Å². The zero-order chi connectivity index (χ0) is 12.3. The number of carbonyl (C=O) groups is 2. The van der Waals surface area contributed by atoms with Gasteiger partial charge < -0.3 is 0 Å². The molecule has 1 aromatic rings. The highest BCUT2D eigenvalue weighted by atomic mass is 127. The van der Waals surface area contributed by atoms with E-state index in [0.29, 0.717) is 9.86 Å². The van der Waals surface area contributed by atoms with Gasteiger partial charge in [0.1, 0.15) is 5.56 Å². The van der Waals surface area contributed by atoms with Gasteiger partial charge in [-0.25, -0.2) is 0 Å². The average Bonchev–Trinajstić information content (AvgIpc) is 2.26. The van der Waals surface area contributed by atoms with Crippen LogP contribution in [0.5, 0.6) is 0 Å². The number of nitro groups is 1. The quantitative estimate of drug-likeness (QED) is 0.195. The number of rotatable bonds is 4. The number of hydrogen-bond donors (Lipinski definition) is 0. The molecular formula is C9H5BrINO4. The lowest BCUT2D eigenvalue weighted by molar-refractivity contribution is -0.385. The first-order chi connectivity index (χ1) is 7.52. The van der Waals surface area contributed by atoms with Gasteiger partial charge in [-0.15, -0.1) is 0 Å². The van der Waals surface area contributed by atoms with E-state index >= 15 is 0 Å². The third-order valence-corrected chi connectivity index (χ3v) is 3.29. The van der Waals surface area contributed by atoms with Gasteiger partial charge in [-0.1, -0.05) is 15.9 Å². The van der Waals surface area contributed by atoms with Crippen molar-refractivity contribution < 1.29 is 14.5 Å². The van der Waals surface area contributed by atoms with E-state index in [4.69, 9.17) is 0 Å². The van der Waals surface area contributed by atoms with Crippen molar-refractivity contribution in [1.82, 2.24) is 0 Å². The molecule has 0 aliphatic heterocycles. The second-order valence-electron chi connectivity index (χ2n) is 2.79. The summed E-state index contributed by atoms with van der Waals surface area (Å²) >= 11 is 4.84. The molecule has 0 spiro atoms. The van der Waals surface area contributed by atoms with Gasteiger partial charge in [0, 0.05) is 15.2 Å². The molecule has 5 nitrogen and oxygen atoms in total. The maximum Gasteiger partial charge on any atom is 0.280 e. The SMILES string of the molecule is O=Cc1c([N+](=O)[O-])ccc(I)c1C(=O)CBr. The van der Waals surface area contributed by atoms with Crippen LogP contribution >= 0.6 is 38.5 Å². The summed E-state index contributed by atoms with van der Waals surface area (Å²) in [4.78, 5) is 32.4. The average molecular weight is 398 g/mol. The van der Waals surface area contributed by atoms with Crippen molar-refractivity contribution in [3.05, 3.63) is 36.9 Å². The van der Waals surface area contributed by atoms with E-state index in [9.17, 15) is 19.7 Å². The van der Waals surface area contributed by atoms with E-state index in [0.717, 1.165) is 0 Å². The van der Waals surface area contributed by atoms with E-state index in [1.807, 2.05) is 22.6 Å². The summed E-state index contributed by atoms with van der Waals surface area (Å²) in [6, 6.07) is 2.66. The molecule has 84 valence electrons. The standard InChI is InChI=1S/C9H5BrINO4/c10-3-8(14)9-5(4-13)7(12(15)16)2-1-6(9)11/h1-2,4H,3H2. The summed E-state index contributed by atoms with van der Waals surface area (Å²) in [7, 11) is 0. The molecule has 1 rings (SSSR count). The lowest BCUT2D eigenvalue weighted by Crippen LogP contribution is -2.09. The minimum absolute atomic E-state index is 0.0189. The molecule has 0 aliphatic rings. The van der Waals surface area contributed by atoms with Crippen LogP contribution in [0.3, 0.4) is 0 Å². The van der Waals surface area contributed by atoms with Crippen LogP contribution in [0.15, 0.2) is 12.1 Å². The summed E-state index contributed by atoms with van der Waals surface area (Å²) in [5.41, 5.74) is -0.414. The Labute approximate surface area is 113 Å². The van der Waals surface area contributed by atoms with Crippen molar-refractivity contribution in [3.8, 4) is 0 Å². The van der Waals surface area contributed by atoms with Crippen molar-refractivity contribution in [3.63, 3.8) is 0 Å². The Hall–Kier alpha value is -0.830. The summed E-state index contributed by atoms with van der Waals surface area (Å²) in [5.74, 6) is -0.352. The number of hydrogen-bond acceptors (Lipinski definition) is 4. The van der Waals surface area contributed by atoms with Crippen LogP contribution in [0.25, 0.3) is 0 Å². The van der Waals surface area contributed by atoms with Crippen LogP contribution < -0.4 is 0 Å². The maximum absolute atomic E-state index is 11.6. The predicted octanol–water partition coefficient (Wildman–Crippen LogP) is 2.59. The summed E-state index contributed by atoms with van der Waals surface area (Å²) in [6.45, 7) is 0. The Morgan fingerprint density at radius 2 is 2.19 bits per heavy atom. The van der Waals surface area contributed by atoms with Crippen LogP contribution in [-0.2, 0) is 0 Å². The van der Waals surface area contributed by atoms with E-state index in [2.05, 4.69) is 15.9 Å². The van der Waals surface area contributed by atoms with Gasteiger partial charge >= 0.3 is 0 Å². The Balaban J connectivity index is 3.56. The maximum atomic E-state index is 11.6. The van der Waals surface area contributed by atoms with Gasteiger partial charge in [0.2, 0.25) is 0 Å². The fourth-order valence-corrected chi connectivity index (χ4v) is 2.26. The molecule has 1 aromatic carbocycles. The molecule has 0 atom stereocenters. The van der Waals surface area contributed by atoms with Crippen LogP contribution in [-0.4, -0.2) is 22.3 Å². The van der Waals surface area contributed by atoms with E-state index in [-0.39, 0.29) is 27.9 Å². The lowest BCUT2D eigenvalue weighted by Gasteiger charge is -2.05. The minimum atomic E-state index is -0.676. The van der Waals surface area contributed by atoms with Gasteiger partial charge in [0.15, 0.2) is 12.1 Å². The van der Waals surface area contributed by atoms with Gasteiger partial charge in [0.25, 0.3) is 5.69 Å². The number of aldehydes is 1. The minimum Gasteiger partial charge on any atom is -0.298 e. The molecule has 16 heavy (non-hydrogen) atoms. The Morgan fingerprint density at radius 3 is 2.62 bits per heavy atom. The summed E-state index contributed by atoms with van der Waals surface area (Å²) in [6.07, 6.45) is 0.343. The van der Waals surface area contributed by atoms with Gasteiger partial charge in [-0.05, 0) is 28.7 Å². The normalized spacial score (nSPS) is 9.88. The molecule has 0 aromatic heterocycles. The molecule has 0 heterocycles. The molecule has 0 amide bonds. The number of carbonyl (C=O) groups excluding carboxylic acids is 2. The van der Waals surface area contributed by atoms with Crippen LogP contribution in [0, 0.1) is 13.7 Å². The second kappa shape index (κ2) is 5.48. The first-order valence-corrected chi connectivity index (χ1v) is 6.24. The number of nitro benzene ring substituents is 1. The number of halogens is 2. The van der Waals surface area contributed by atoms with Crippen molar-refractivity contribution in [1.29, 1.82) is 0 Å². The molecular weight excluding hydrogens is 393 g/mol. The highest BCUT2D eigenvalue weighted by Gasteiger charge is 2.23. The zero-order valence-electron chi connectivity index (χ0n) is 7.78. The number of nitrogens with zero attached hydrogens (tertiary/aromatic N) is 1. The Morgan fingerprint density at radius 1 is 1.56 bits per heavy atom. The smallest absolute Gasteiger partial charge is 0.280 e. The van der Waals surface area contributed by atoms with E-state index in [1.54, 1.807) is 0 Å². The number of benzene rings is 1. The first-order valence-electron chi connectivity index (χ1n) is 4.04. The molecule has 0 saturated heterocycles. The van der Waals surface area contributed by atoms with Crippen LogP contribution in [0.4, 0.5) is 5.69 Å². The van der Waals surface area contributed by atoms with Crippen molar-refractivity contribution in [2.24, 2.45) is 0 Å². The molecule has 0 bridgehead atoms. The van der Waals surface area contributed by atoms with E-state index < -0.39 is 4.92 Å². The van der Waals surface area contributed by atoms with Gasteiger partial charge in [-0.2, -0.15) is 0 Å². The van der Waals surface area contributed by atoms with Gasteiger partial charge in [0.05, 0.1) is 10.3 Å². The highest BCUT2D eigenvalue weighted by molar-refractivity contribution is 14.1. The van der Waals surface area contributed by atoms with Crippen molar-refractivity contribution >= 4 is 56.3 Å². The first kappa shape index (κ1) is 13.2. The van der Waals surface area contributed by atoms with E-state index in [1.165, 1.54) is 12.1 Å². The molecule has 0 fully saturated rings. The van der Waals surface area contributed by atoms with Gasteiger partial charge in [-0.3, -0.25) is 19.7 Å². The van der Waals surface area contributed by atoms with Crippen LogP contribution in [0.1, 0.15) is 20.7 Å². The van der Waals surface area contributed by atoms with Crippen molar-refractivity contribution in [2.45, 2.75) is 0 Å². The number of Topliss-reactive ketones (excluding diaryl/α,β-unsaturated/α-hetero) is 1. The third kappa shape index (κ3) is 2.46. The van der Waals surface area contributed by atoms with Crippen molar-refractivity contribution in [2.75, 3.05) is 5.33 Å². The van der Waals surface area contributed by atoms with Crippen LogP contribution in [0.2, 0.25) is 0 Å². The lowest BCUT2D eigenvalue weighted by atomic mass is 10.0. The fraction of sp³-hybridized carbons (Fsp3) is 0.111. The molecule has 0 unspecified atom stereocenters. The molecule has 0 radical (unpaired) electrons. The monoisotopic (exact) mass is 397 g/mol. The molecule has 0 N–H and O–H groups in total. The fourth-order valence-electron chi connectivity index (χ4n) is 1.21. The third-order valence-electron chi connectivity index (χ3n) is 1.89. The zero-order valence-corrected chi connectivity index (χ0v) is 11.5. The molecule has 0 aliphatic carbocycles. The Kier molecular flexibility index (Phi) is 4.54. The molecule has 0 saturated carbocycles. The second-order valence-corrected chi connectivity index (χ2v) is 4.51. The number of ketones is 1. The number of alkyl halides is 1. The summed E-state index contributed by atoms with van der Waals surface area (Å²) in [5, 5.41) is 10.7. The summed E-state index contributed by atoms with van der Waals surface area (Å²) < 4.78 is 0.523. The largest absolute Gasteiger partial charge is 0.298 e. The molecule has 7 heteroatoms.